The first-order chi connectivity index (χ1) is 12.0. The van der Waals surface area contributed by atoms with Crippen LogP contribution in [0.3, 0.4) is 0 Å². The number of rotatable bonds is 3. The van der Waals surface area contributed by atoms with Gasteiger partial charge in [0.1, 0.15) is 0 Å². The van der Waals surface area contributed by atoms with Crippen molar-refractivity contribution in [2.75, 3.05) is 26.2 Å². The predicted octanol–water partition coefficient (Wildman–Crippen LogP) is 3.32. The van der Waals surface area contributed by atoms with Gasteiger partial charge in [0.05, 0.1) is 6.26 Å². The second-order valence-corrected chi connectivity index (χ2v) is 6.38. The van der Waals surface area contributed by atoms with Crippen LogP contribution in [0.5, 0.6) is 0 Å². The zero-order chi connectivity index (χ0) is 17.8. The number of amides is 2. The highest BCUT2D eigenvalue weighted by molar-refractivity contribution is 6.30. The van der Waals surface area contributed by atoms with Crippen LogP contribution in [0.25, 0.3) is 6.08 Å². The summed E-state index contributed by atoms with van der Waals surface area (Å²) in [4.78, 5) is 28.3. The lowest BCUT2D eigenvalue weighted by atomic mass is 10.1. The van der Waals surface area contributed by atoms with Crippen molar-refractivity contribution in [3.05, 3.63) is 64.6 Å². The van der Waals surface area contributed by atoms with Gasteiger partial charge in [0.15, 0.2) is 5.76 Å². The Kier molecular flexibility index (Phi) is 5.24. The van der Waals surface area contributed by atoms with Gasteiger partial charge >= 0.3 is 0 Å². The molecule has 3 rings (SSSR count). The average Bonchev–Trinajstić information content (AvgIpc) is 3.17. The van der Waals surface area contributed by atoms with Crippen LogP contribution in [-0.2, 0) is 4.79 Å². The summed E-state index contributed by atoms with van der Waals surface area (Å²) in [5, 5.41) is 0.665. The smallest absolute Gasteiger partial charge is 0.289 e. The number of piperazine rings is 1. The van der Waals surface area contributed by atoms with E-state index in [1.54, 1.807) is 41.0 Å². The molecule has 1 aliphatic heterocycles. The van der Waals surface area contributed by atoms with Crippen molar-refractivity contribution >= 4 is 29.5 Å². The summed E-state index contributed by atoms with van der Waals surface area (Å²) in [7, 11) is 0. The van der Waals surface area contributed by atoms with Crippen molar-refractivity contribution in [3.63, 3.8) is 0 Å². The Hall–Kier alpha value is -2.53. The lowest BCUT2D eigenvalue weighted by Crippen LogP contribution is -2.50. The van der Waals surface area contributed by atoms with Gasteiger partial charge in [-0.3, -0.25) is 9.59 Å². The molecule has 130 valence electrons. The Labute approximate surface area is 151 Å². The number of nitrogens with zero attached hydrogens (tertiary/aromatic N) is 2. The molecule has 1 fully saturated rings. The predicted molar refractivity (Wildman–Crippen MR) is 96.3 cm³/mol. The van der Waals surface area contributed by atoms with Crippen molar-refractivity contribution in [3.8, 4) is 0 Å². The quantitative estimate of drug-likeness (QED) is 0.791. The first-order valence-electron chi connectivity index (χ1n) is 8.10. The van der Waals surface area contributed by atoms with E-state index >= 15 is 0 Å². The number of halogens is 1. The fraction of sp³-hybridized carbons (Fsp3) is 0.263. The third kappa shape index (κ3) is 4.12. The molecule has 0 atom stereocenters. The van der Waals surface area contributed by atoms with E-state index in [-0.39, 0.29) is 11.8 Å². The van der Waals surface area contributed by atoms with Crippen LogP contribution < -0.4 is 0 Å². The maximum Gasteiger partial charge on any atom is 0.289 e. The summed E-state index contributed by atoms with van der Waals surface area (Å²) in [6.45, 7) is 3.82. The van der Waals surface area contributed by atoms with Crippen LogP contribution in [0.2, 0.25) is 5.02 Å². The highest BCUT2D eigenvalue weighted by Crippen LogP contribution is 2.15. The number of furan rings is 1. The van der Waals surface area contributed by atoms with E-state index in [9.17, 15) is 9.59 Å². The average molecular weight is 359 g/mol. The highest BCUT2D eigenvalue weighted by atomic mass is 35.5. The van der Waals surface area contributed by atoms with E-state index in [1.807, 2.05) is 18.2 Å². The van der Waals surface area contributed by atoms with Crippen LogP contribution in [-0.4, -0.2) is 47.8 Å². The van der Waals surface area contributed by atoms with Crippen molar-refractivity contribution in [1.29, 1.82) is 0 Å². The molecule has 5 nitrogen and oxygen atoms in total. The Bertz CT molecular complexity index is 774. The Morgan fingerprint density at radius 2 is 1.68 bits per heavy atom. The van der Waals surface area contributed by atoms with Gasteiger partial charge in [-0.1, -0.05) is 23.7 Å². The fourth-order valence-corrected chi connectivity index (χ4v) is 2.91. The molecule has 0 unspecified atom stereocenters. The van der Waals surface area contributed by atoms with E-state index in [1.165, 1.54) is 6.26 Å². The number of carbonyl (C=O) groups is 2. The van der Waals surface area contributed by atoms with Gasteiger partial charge in [0, 0.05) is 36.8 Å². The van der Waals surface area contributed by atoms with Crippen LogP contribution in [0.1, 0.15) is 23.0 Å². The first kappa shape index (κ1) is 17.3. The molecule has 0 radical (unpaired) electrons. The molecule has 1 aromatic heterocycles. The molecule has 2 heterocycles. The minimum Gasteiger partial charge on any atom is -0.459 e. The zero-order valence-electron chi connectivity index (χ0n) is 13.9. The third-order valence-electron chi connectivity index (χ3n) is 4.18. The molecule has 25 heavy (non-hydrogen) atoms. The Morgan fingerprint density at radius 3 is 2.28 bits per heavy atom. The lowest BCUT2D eigenvalue weighted by molar-refractivity contribution is -0.128. The van der Waals surface area contributed by atoms with E-state index < -0.39 is 0 Å². The summed E-state index contributed by atoms with van der Waals surface area (Å²) < 4.78 is 5.15. The van der Waals surface area contributed by atoms with Gasteiger partial charge in [0.2, 0.25) is 5.91 Å². The molecule has 1 saturated heterocycles. The summed E-state index contributed by atoms with van der Waals surface area (Å²) in [6, 6.07) is 10.7. The normalized spacial score (nSPS) is 15.4. The number of carbonyl (C=O) groups excluding carboxylic acids is 2. The molecule has 2 aromatic rings. The van der Waals surface area contributed by atoms with Crippen molar-refractivity contribution in [2.45, 2.75) is 6.92 Å². The summed E-state index contributed by atoms with van der Waals surface area (Å²) in [5.74, 6) is 0.184. The van der Waals surface area contributed by atoms with Crippen molar-refractivity contribution < 1.29 is 14.0 Å². The maximum absolute atomic E-state index is 12.6. The topological polar surface area (TPSA) is 53.8 Å². The molecule has 2 amide bonds. The monoisotopic (exact) mass is 358 g/mol. The molecule has 6 heteroatoms. The third-order valence-corrected chi connectivity index (χ3v) is 4.43. The Morgan fingerprint density at radius 1 is 1.04 bits per heavy atom. The minimum atomic E-state index is -0.134. The van der Waals surface area contributed by atoms with Gasteiger partial charge in [-0.2, -0.15) is 0 Å². The van der Waals surface area contributed by atoms with E-state index in [0.717, 1.165) is 5.56 Å². The van der Waals surface area contributed by atoms with Crippen LogP contribution >= 0.6 is 11.6 Å². The number of benzene rings is 1. The second-order valence-electron chi connectivity index (χ2n) is 5.94. The van der Waals surface area contributed by atoms with Crippen molar-refractivity contribution in [1.82, 2.24) is 9.80 Å². The molecule has 0 aliphatic carbocycles. The van der Waals surface area contributed by atoms with Crippen LogP contribution in [0.15, 0.2) is 52.7 Å². The molecule has 1 aromatic carbocycles. The number of hydrogen-bond acceptors (Lipinski definition) is 3. The van der Waals surface area contributed by atoms with Gasteiger partial charge < -0.3 is 14.2 Å². The highest BCUT2D eigenvalue weighted by Gasteiger charge is 2.26. The molecular formula is C19H19ClN2O3. The minimum absolute atomic E-state index is 0.0138. The van der Waals surface area contributed by atoms with Crippen LogP contribution in [0, 0.1) is 0 Å². The maximum atomic E-state index is 12.6. The first-order valence-corrected chi connectivity index (χ1v) is 8.48. The van der Waals surface area contributed by atoms with E-state index in [2.05, 4.69) is 0 Å². The Balaban J connectivity index is 1.59. The summed E-state index contributed by atoms with van der Waals surface area (Å²) in [6.07, 6.45) is 3.33. The van der Waals surface area contributed by atoms with Gasteiger partial charge in [-0.05, 0) is 42.8 Å². The molecule has 0 bridgehead atoms. The SMILES string of the molecule is C/C(=C\c1ccc(Cl)cc1)C(=O)N1CCN(C(=O)c2ccco2)CC1. The molecular weight excluding hydrogens is 340 g/mol. The number of hydrogen-bond donors (Lipinski definition) is 0. The molecule has 0 spiro atoms. The zero-order valence-corrected chi connectivity index (χ0v) is 14.7. The van der Waals surface area contributed by atoms with E-state index in [4.69, 9.17) is 16.0 Å². The van der Waals surface area contributed by atoms with Gasteiger partial charge in [-0.15, -0.1) is 0 Å². The van der Waals surface area contributed by atoms with Gasteiger partial charge in [-0.25, -0.2) is 0 Å². The van der Waals surface area contributed by atoms with Gasteiger partial charge in [0.25, 0.3) is 5.91 Å². The largest absolute Gasteiger partial charge is 0.459 e. The summed E-state index contributed by atoms with van der Waals surface area (Å²) >= 11 is 5.87. The molecule has 1 aliphatic rings. The van der Waals surface area contributed by atoms with Crippen molar-refractivity contribution in [2.24, 2.45) is 0 Å². The second kappa shape index (κ2) is 7.57. The van der Waals surface area contributed by atoms with Crippen LogP contribution in [0.4, 0.5) is 0 Å². The summed E-state index contributed by atoms with van der Waals surface area (Å²) in [5.41, 5.74) is 1.59. The molecule has 0 N–H and O–H groups in total. The lowest BCUT2D eigenvalue weighted by Gasteiger charge is -2.34. The van der Waals surface area contributed by atoms with E-state index in [0.29, 0.717) is 42.5 Å². The fourth-order valence-electron chi connectivity index (χ4n) is 2.79. The standard InChI is InChI=1S/C19H19ClN2O3/c1-14(13-15-4-6-16(20)7-5-15)18(23)21-8-10-22(11-9-21)19(24)17-3-2-12-25-17/h2-7,12-13H,8-11H2,1H3/b14-13+. The molecule has 0 saturated carbocycles.